The smallest absolute Gasteiger partial charge is 0.319 e. The number of aromatic hydroxyl groups is 1. The zero-order chi connectivity index (χ0) is 13.1. The van der Waals surface area contributed by atoms with Crippen molar-refractivity contribution in [1.82, 2.24) is 5.32 Å². The molecule has 0 bridgehead atoms. The number of phenolic OH excluding ortho intramolecular Hbond substituents is 1. The molecule has 2 rings (SSSR count). The summed E-state index contributed by atoms with van der Waals surface area (Å²) in [5, 5.41) is 15.4. The Morgan fingerprint density at radius 3 is 2.56 bits per heavy atom. The van der Waals surface area contributed by atoms with Crippen LogP contribution in [0.15, 0.2) is 12.1 Å². The van der Waals surface area contributed by atoms with Crippen molar-refractivity contribution in [2.75, 3.05) is 5.32 Å². The summed E-state index contributed by atoms with van der Waals surface area (Å²) in [4.78, 5) is 11.8. The van der Waals surface area contributed by atoms with Gasteiger partial charge in [-0.15, -0.1) is 0 Å². The molecule has 1 fully saturated rings. The van der Waals surface area contributed by atoms with Crippen LogP contribution in [0.1, 0.15) is 36.8 Å². The van der Waals surface area contributed by atoms with Gasteiger partial charge in [-0.3, -0.25) is 0 Å². The van der Waals surface area contributed by atoms with Gasteiger partial charge in [0.2, 0.25) is 0 Å². The third kappa shape index (κ3) is 2.94. The quantitative estimate of drug-likeness (QED) is 0.704. The number of carbonyl (C=O) groups is 1. The normalized spacial score (nSPS) is 15.7. The second-order valence-corrected chi connectivity index (χ2v) is 5.03. The van der Waals surface area contributed by atoms with E-state index in [4.69, 9.17) is 0 Å². The third-order valence-electron chi connectivity index (χ3n) is 3.48. The Kier molecular flexibility index (Phi) is 3.75. The summed E-state index contributed by atoms with van der Waals surface area (Å²) < 4.78 is 0. The average molecular weight is 248 g/mol. The number of benzene rings is 1. The zero-order valence-electron chi connectivity index (χ0n) is 10.9. The molecule has 0 spiro atoms. The van der Waals surface area contributed by atoms with Gasteiger partial charge < -0.3 is 15.7 Å². The van der Waals surface area contributed by atoms with Gasteiger partial charge in [0.1, 0.15) is 5.75 Å². The summed E-state index contributed by atoms with van der Waals surface area (Å²) in [6.45, 7) is 3.68. The van der Waals surface area contributed by atoms with Gasteiger partial charge in [0.15, 0.2) is 0 Å². The number of hydrogen-bond donors (Lipinski definition) is 3. The Hall–Kier alpha value is -1.71. The predicted octanol–water partition coefficient (Wildman–Crippen LogP) is 3.07. The lowest BCUT2D eigenvalue weighted by atomic mass is 10.1. The molecule has 98 valence electrons. The zero-order valence-corrected chi connectivity index (χ0v) is 10.9. The Balaban J connectivity index is 2.00. The number of carbonyl (C=O) groups excluding carboxylic acids is 1. The summed E-state index contributed by atoms with van der Waals surface area (Å²) in [6, 6.07) is 3.61. The molecule has 2 amide bonds. The molecular formula is C14H20N2O2. The standard InChI is InChI=1S/C14H20N2O2/c1-9-8-13(17)10(2)7-12(9)16-14(18)15-11-5-3-4-6-11/h7-8,11,17H,3-6H2,1-2H3,(H2,15,16,18). The van der Waals surface area contributed by atoms with E-state index in [1.165, 1.54) is 12.8 Å². The monoisotopic (exact) mass is 248 g/mol. The van der Waals surface area contributed by atoms with Gasteiger partial charge in [0.05, 0.1) is 0 Å². The summed E-state index contributed by atoms with van der Waals surface area (Å²) in [6.07, 6.45) is 4.53. The number of hydrogen-bond acceptors (Lipinski definition) is 2. The molecule has 3 N–H and O–H groups in total. The van der Waals surface area contributed by atoms with Crippen molar-refractivity contribution in [1.29, 1.82) is 0 Å². The minimum Gasteiger partial charge on any atom is -0.508 e. The average Bonchev–Trinajstić information content (AvgIpc) is 2.78. The topological polar surface area (TPSA) is 61.4 Å². The Morgan fingerprint density at radius 2 is 1.89 bits per heavy atom. The van der Waals surface area contributed by atoms with Crippen LogP contribution in [0.25, 0.3) is 0 Å². The van der Waals surface area contributed by atoms with Gasteiger partial charge >= 0.3 is 6.03 Å². The SMILES string of the molecule is Cc1cc(NC(=O)NC2CCCC2)c(C)cc1O. The van der Waals surface area contributed by atoms with Crippen LogP contribution < -0.4 is 10.6 Å². The van der Waals surface area contributed by atoms with E-state index >= 15 is 0 Å². The highest BCUT2D eigenvalue weighted by Crippen LogP contribution is 2.25. The molecule has 1 saturated carbocycles. The van der Waals surface area contributed by atoms with Gasteiger partial charge in [0, 0.05) is 11.7 Å². The first-order chi connectivity index (χ1) is 8.56. The Bertz CT molecular complexity index is 451. The molecule has 0 heterocycles. The maximum absolute atomic E-state index is 11.8. The molecular weight excluding hydrogens is 228 g/mol. The van der Waals surface area contributed by atoms with E-state index in [9.17, 15) is 9.90 Å². The molecule has 0 saturated heterocycles. The third-order valence-corrected chi connectivity index (χ3v) is 3.48. The number of anilines is 1. The van der Waals surface area contributed by atoms with E-state index < -0.39 is 0 Å². The number of amides is 2. The molecule has 4 heteroatoms. The number of rotatable bonds is 2. The van der Waals surface area contributed by atoms with Crippen LogP contribution >= 0.6 is 0 Å². The molecule has 4 nitrogen and oxygen atoms in total. The first kappa shape index (κ1) is 12.7. The second-order valence-electron chi connectivity index (χ2n) is 5.03. The van der Waals surface area contributed by atoms with E-state index in [0.29, 0.717) is 6.04 Å². The fraction of sp³-hybridized carbons (Fsp3) is 0.500. The fourth-order valence-corrected chi connectivity index (χ4v) is 2.35. The largest absolute Gasteiger partial charge is 0.508 e. The van der Waals surface area contributed by atoms with E-state index in [2.05, 4.69) is 10.6 Å². The lowest BCUT2D eigenvalue weighted by Gasteiger charge is -2.15. The molecule has 0 aliphatic heterocycles. The van der Waals surface area contributed by atoms with Crippen LogP contribution in [0.3, 0.4) is 0 Å². The minimum atomic E-state index is -0.157. The number of phenols is 1. The van der Waals surface area contributed by atoms with Crippen molar-refractivity contribution in [2.24, 2.45) is 0 Å². The molecule has 1 aliphatic carbocycles. The highest BCUT2D eigenvalue weighted by atomic mass is 16.3. The maximum Gasteiger partial charge on any atom is 0.319 e. The van der Waals surface area contributed by atoms with Crippen molar-refractivity contribution in [3.8, 4) is 5.75 Å². The van der Waals surface area contributed by atoms with Crippen molar-refractivity contribution in [2.45, 2.75) is 45.6 Å². The first-order valence-electron chi connectivity index (χ1n) is 6.44. The summed E-state index contributed by atoms with van der Waals surface area (Å²) in [5.41, 5.74) is 2.37. The number of urea groups is 1. The lowest BCUT2D eigenvalue weighted by Crippen LogP contribution is -2.36. The molecule has 0 aromatic heterocycles. The van der Waals surface area contributed by atoms with Crippen molar-refractivity contribution >= 4 is 11.7 Å². The van der Waals surface area contributed by atoms with Crippen molar-refractivity contribution < 1.29 is 9.90 Å². The van der Waals surface area contributed by atoms with Crippen molar-refractivity contribution in [3.63, 3.8) is 0 Å². The van der Waals surface area contributed by atoms with Crippen LogP contribution in [-0.4, -0.2) is 17.2 Å². The highest BCUT2D eigenvalue weighted by Gasteiger charge is 2.17. The molecule has 1 aromatic rings. The van der Waals surface area contributed by atoms with Gasteiger partial charge in [-0.2, -0.15) is 0 Å². The molecule has 1 aromatic carbocycles. The summed E-state index contributed by atoms with van der Waals surface area (Å²) in [5.74, 6) is 0.259. The van der Waals surface area contributed by atoms with Gasteiger partial charge in [-0.05, 0) is 49.9 Å². The van der Waals surface area contributed by atoms with E-state index in [1.54, 1.807) is 12.1 Å². The number of nitrogens with one attached hydrogen (secondary N) is 2. The van der Waals surface area contributed by atoms with Crippen LogP contribution in [0.4, 0.5) is 10.5 Å². The Morgan fingerprint density at radius 1 is 1.22 bits per heavy atom. The molecule has 18 heavy (non-hydrogen) atoms. The first-order valence-corrected chi connectivity index (χ1v) is 6.44. The summed E-state index contributed by atoms with van der Waals surface area (Å²) in [7, 11) is 0. The highest BCUT2D eigenvalue weighted by molar-refractivity contribution is 5.90. The molecule has 1 aliphatic rings. The van der Waals surface area contributed by atoms with Crippen LogP contribution in [-0.2, 0) is 0 Å². The van der Waals surface area contributed by atoms with E-state index in [-0.39, 0.29) is 11.8 Å². The summed E-state index contributed by atoms with van der Waals surface area (Å²) >= 11 is 0. The fourth-order valence-electron chi connectivity index (χ4n) is 2.35. The van der Waals surface area contributed by atoms with Gasteiger partial charge in [0.25, 0.3) is 0 Å². The van der Waals surface area contributed by atoms with E-state index in [0.717, 1.165) is 29.7 Å². The second kappa shape index (κ2) is 5.29. The molecule has 0 unspecified atom stereocenters. The Labute approximate surface area is 107 Å². The maximum atomic E-state index is 11.8. The molecule has 0 radical (unpaired) electrons. The predicted molar refractivity (Wildman–Crippen MR) is 72.0 cm³/mol. The van der Waals surface area contributed by atoms with Crippen LogP contribution in [0.2, 0.25) is 0 Å². The number of aryl methyl sites for hydroxylation is 2. The van der Waals surface area contributed by atoms with Gasteiger partial charge in [-0.1, -0.05) is 12.8 Å². The minimum absolute atomic E-state index is 0.157. The lowest BCUT2D eigenvalue weighted by molar-refractivity contribution is 0.248. The van der Waals surface area contributed by atoms with Gasteiger partial charge in [-0.25, -0.2) is 4.79 Å². The van der Waals surface area contributed by atoms with E-state index in [1.807, 2.05) is 13.8 Å². The molecule has 0 atom stereocenters. The van der Waals surface area contributed by atoms with Crippen LogP contribution in [0, 0.1) is 13.8 Å². The van der Waals surface area contributed by atoms with Crippen molar-refractivity contribution in [3.05, 3.63) is 23.3 Å². The van der Waals surface area contributed by atoms with Crippen LogP contribution in [0.5, 0.6) is 5.75 Å².